The van der Waals surface area contributed by atoms with Crippen LogP contribution in [-0.4, -0.2) is 29.6 Å². The first-order valence-electron chi connectivity index (χ1n) is 5.76. The molecule has 1 rings (SSSR count). The fourth-order valence-electron chi connectivity index (χ4n) is 1.69. The van der Waals surface area contributed by atoms with Crippen molar-refractivity contribution in [1.29, 1.82) is 0 Å². The number of hydrogen-bond acceptors (Lipinski definition) is 2. The molecule has 1 aromatic carbocycles. The molecule has 1 N–H and O–H groups in total. The summed E-state index contributed by atoms with van der Waals surface area (Å²) in [5.41, 5.74) is 1.29. The van der Waals surface area contributed by atoms with Gasteiger partial charge < -0.3 is 10.0 Å². The summed E-state index contributed by atoms with van der Waals surface area (Å²) >= 11 is 0. The van der Waals surface area contributed by atoms with Gasteiger partial charge in [-0.1, -0.05) is 26.0 Å². The molecule has 2 nitrogen and oxygen atoms in total. The molecule has 0 bridgehead atoms. The van der Waals surface area contributed by atoms with Gasteiger partial charge in [0.05, 0.1) is 0 Å². The zero-order valence-electron chi connectivity index (χ0n) is 9.74. The van der Waals surface area contributed by atoms with Crippen LogP contribution in [-0.2, 0) is 6.42 Å². The topological polar surface area (TPSA) is 23.5 Å². The average Bonchev–Trinajstić information content (AvgIpc) is 2.26. The van der Waals surface area contributed by atoms with Crippen LogP contribution in [0.25, 0.3) is 0 Å². The summed E-state index contributed by atoms with van der Waals surface area (Å²) in [6.45, 7) is 7.81. The van der Waals surface area contributed by atoms with E-state index in [-0.39, 0.29) is 0 Å². The minimum atomic E-state index is 0.347. The van der Waals surface area contributed by atoms with Gasteiger partial charge in [0.1, 0.15) is 5.75 Å². The standard InChI is InChI=1S/C13H21NO/c1-3-10-14(4-2)11-9-12-5-7-13(15)8-6-12/h5-8,15H,3-4,9-11H2,1-2H3. The molecule has 0 amide bonds. The third kappa shape index (κ3) is 4.34. The summed E-state index contributed by atoms with van der Waals surface area (Å²) in [6.07, 6.45) is 2.28. The quantitative estimate of drug-likeness (QED) is 0.775. The van der Waals surface area contributed by atoms with Crippen LogP contribution >= 0.6 is 0 Å². The minimum absolute atomic E-state index is 0.347. The maximum atomic E-state index is 9.15. The number of benzene rings is 1. The zero-order valence-corrected chi connectivity index (χ0v) is 9.74. The van der Waals surface area contributed by atoms with Crippen LogP contribution in [0.4, 0.5) is 0 Å². The van der Waals surface area contributed by atoms with Crippen molar-refractivity contribution in [2.45, 2.75) is 26.7 Å². The second kappa shape index (κ2) is 6.46. The first kappa shape index (κ1) is 12.1. The molecule has 1 aromatic rings. The van der Waals surface area contributed by atoms with E-state index in [0.29, 0.717) is 5.75 Å². The van der Waals surface area contributed by atoms with E-state index in [4.69, 9.17) is 5.11 Å². The lowest BCUT2D eigenvalue weighted by molar-refractivity contribution is 0.292. The Morgan fingerprint density at radius 2 is 1.73 bits per heavy atom. The fraction of sp³-hybridized carbons (Fsp3) is 0.538. The van der Waals surface area contributed by atoms with Crippen molar-refractivity contribution in [3.63, 3.8) is 0 Å². The van der Waals surface area contributed by atoms with Gasteiger partial charge in [-0.25, -0.2) is 0 Å². The van der Waals surface area contributed by atoms with Gasteiger partial charge in [0.2, 0.25) is 0 Å². The van der Waals surface area contributed by atoms with Crippen LogP contribution in [0.3, 0.4) is 0 Å². The number of aromatic hydroxyl groups is 1. The van der Waals surface area contributed by atoms with Crippen LogP contribution < -0.4 is 0 Å². The number of phenolic OH excluding ortho intramolecular Hbond substituents is 1. The Labute approximate surface area is 92.5 Å². The highest BCUT2D eigenvalue weighted by Crippen LogP contribution is 2.10. The van der Waals surface area contributed by atoms with Gasteiger partial charge >= 0.3 is 0 Å². The summed E-state index contributed by atoms with van der Waals surface area (Å²) in [6, 6.07) is 7.50. The summed E-state index contributed by atoms with van der Waals surface area (Å²) in [5, 5.41) is 9.15. The van der Waals surface area contributed by atoms with Crippen LogP contribution in [0.15, 0.2) is 24.3 Å². The molecule has 0 radical (unpaired) electrons. The Kier molecular flexibility index (Phi) is 5.19. The highest BCUT2D eigenvalue weighted by Gasteiger charge is 2.01. The average molecular weight is 207 g/mol. The lowest BCUT2D eigenvalue weighted by atomic mass is 10.1. The molecule has 0 aliphatic carbocycles. The molecule has 0 spiro atoms. The van der Waals surface area contributed by atoms with Crippen molar-refractivity contribution in [3.8, 4) is 5.75 Å². The highest BCUT2D eigenvalue weighted by atomic mass is 16.3. The lowest BCUT2D eigenvalue weighted by Crippen LogP contribution is -2.26. The second-order valence-electron chi connectivity index (χ2n) is 3.85. The molecule has 0 aliphatic heterocycles. The third-order valence-corrected chi connectivity index (χ3v) is 2.64. The van der Waals surface area contributed by atoms with E-state index in [1.165, 1.54) is 18.5 Å². The zero-order chi connectivity index (χ0) is 11.1. The molecule has 0 heterocycles. The van der Waals surface area contributed by atoms with Gasteiger partial charge in [0.25, 0.3) is 0 Å². The van der Waals surface area contributed by atoms with Crippen molar-refractivity contribution >= 4 is 0 Å². The van der Waals surface area contributed by atoms with Crippen LogP contribution in [0.5, 0.6) is 5.75 Å². The smallest absolute Gasteiger partial charge is 0.115 e. The normalized spacial score (nSPS) is 10.9. The Hall–Kier alpha value is -1.02. The van der Waals surface area contributed by atoms with Crippen molar-refractivity contribution in [3.05, 3.63) is 29.8 Å². The summed E-state index contributed by atoms with van der Waals surface area (Å²) < 4.78 is 0. The van der Waals surface area contributed by atoms with Gasteiger partial charge in [-0.15, -0.1) is 0 Å². The molecule has 0 aromatic heterocycles. The SMILES string of the molecule is CCCN(CC)CCc1ccc(O)cc1. The molecule has 0 saturated carbocycles. The Bertz CT molecular complexity index is 268. The fourth-order valence-corrected chi connectivity index (χ4v) is 1.69. The summed E-state index contributed by atoms with van der Waals surface area (Å²) in [5.74, 6) is 0.347. The van der Waals surface area contributed by atoms with E-state index in [1.54, 1.807) is 12.1 Å². The molecule has 15 heavy (non-hydrogen) atoms. The first-order chi connectivity index (χ1) is 7.26. The van der Waals surface area contributed by atoms with E-state index < -0.39 is 0 Å². The van der Waals surface area contributed by atoms with Gasteiger partial charge in [-0.2, -0.15) is 0 Å². The number of hydrogen-bond donors (Lipinski definition) is 1. The predicted octanol–water partition coefficient (Wildman–Crippen LogP) is 2.67. The summed E-state index contributed by atoms with van der Waals surface area (Å²) in [7, 11) is 0. The van der Waals surface area contributed by atoms with Crippen molar-refractivity contribution in [1.82, 2.24) is 4.90 Å². The monoisotopic (exact) mass is 207 g/mol. The minimum Gasteiger partial charge on any atom is -0.508 e. The lowest BCUT2D eigenvalue weighted by Gasteiger charge is -2.19. The van der Waals surface area contributed by atoms with E-state index in [1.807, 2.05) is 12.1 Å². The number of phenols is 1. The largest absolute Gasteiger partial charge is 0.508 e. The third-order valence-electron chi connectivity index (χ3n) is 2.64. The molecule has 0 unspecified atom stereocenters. The van der Waals surface area contributed by atoms with Gasteiger partial charge in [-0.3, -0.25) is 0 Å². The predicted molar refractivity (Wildman–Crippen MR) is 64.2 cm³/mol. The van der Waals surface area contributed by atoms with Crippen molar-refractivity contribution < 1.29 is 5.11 Å². The number of likely N-dealkylation sites (N-methyl/N-ethyl adjacent to an activating group) is 1. The molecule has 0 atom stereocenters. The molecule has 0 saturated heterocycles. The van der Waals surface area contributed by atoms with E-state index in [9.17, 15) is 0 Å². The van der Waals surface area contributed by atoms with Crippen LogP contribution in [0, 0.1) is 0 Å². The van der Waals surface area contributed by atoms with E-state index in [2.05, 4.69) is 18.7 Å². The first-order valence-corrected chi connectivity index (χ1v) is 5.76. The van der Waals surface area contributed by atoms with Gasteiger partial charge in [0, 0.05) is 6.54 Å². The van der Waals surface area contributed by atoms with Crippen LogP contribution in [0.1, 0.15) is 25.8 Å². The highest BCUT2D eigenvalue weighted by molar-refractivity contribution is 5.25. The molecule has 2 heteroatoms. The number of nitrogens with zero attached hydrogens (tertiary/aromatic N) is 1. The Balaban J connectivity index is 2.38. The molecular formula is C13H21NO. The van der Waals surface area contributed by atoms with Gasteiger partial charge in [0.15, 0.2) is 0 Å². The molecule has 0 fully saturated rings. The summed E-state index contributed by atoms with van der Waals surface area (Å²) in [4.78, 5) is 2.45. The van der Waals surface area contributed by atoms with Crippen molar-refractivity contribution in [2.24, 2.45) is 0 Å². The van der Waals surface area contributed by atoms with E-state index >= 15 is 0 Å². The van der Waals surface area contributed by atoms with Crippen molar-refractivity contribution in [2.75, 3.05) is 19.6 Å². The van der Waals surface area contributed by atoms with Gasteiger partial charge in [-0.05, 0) is 43.6 Å². The Morgan fingerprint density at radius 1 is 1.07 bits per heavy atom. The molecule has 84 valence electrons. The second-order valence-corrected chi connectivity index (χ2v) is 3.85. The molecular weight excluding hydrogens is 186 g/mol. The maximum Gasteiger partial charge on any atom is 0.115 e. The van der Waals surface area contributed by atoms with Crippen LogP contribution in [0.2, 0.25) is 0 Å². The van der Waals surface area contributed by atoms with E-state index in [0.717, 1.165) is 19.5 Å². The molecule has 0 aliphatic rings. The maximum absolute atomic E-state index is 9.15. The number of rotatable bonds is 6. The Morgan fingerprint density at radius 3 is 2.27 bits per heavy atom.